The van der Waals surface area contributed by atoms with Gasteiger partial charge >= 0.3 is 0 Å². The summed E-state index contributed by atoms with van der Waals surface area (Å²) >= 11 is 3.89. The van der Waals surface area contributed by atoms with Gasteiger partial charge < -0.3 is 0 Å². The van der Waals surface area contributed by atoms with Gasteiger partial charge in [0.1, 0.15) is 0 Å². The van der Waals surface area contributed by atoms with Crippen molar-refractivity contribution in [1.82, 2.24) is 0 Å². The molecule has 0 aliphatic heterocycles. The van der Waals surface area contributed by atoms with E-state index in [0.29, 0.717) is 5.92 Å². The number of thiophene rings is 2. The molecule has 6 aromatic rings. The maximum atomic E-state index is 3.58. The fraction of sp³-hybridized carbons (Fsp3) is 0.389. The molecule has 2 fully saturated rings. The van der Waals surface area contributed by atoms with E-state index in [-0.39, 0.29) is 0 Å². The summed E-state index contributed by atoms with van der Waals surface area (Å²) in [6.07, 6.45) is 10.8. The third kappa shape index (κ3) is 3.70. The molecule has 190 valence electrons. The summed E-state index contributed by atoms with van der Waals surface area (Å²) in [5, 5.41) is 8.24. The summed E-state index contributed by atoms with van der Waals surface area (Å²) in [5.41, 5.74) is 3.05. The van der Waals surface area contributed by atoms with Crippen LogP contribution in [0.15, 0.2) is 48.5 Å². The fourth-order valence-electron chi connectivity index (χ4n) is 7.47. The van der Waals surface area contributed by atoms with E-state index < -0.39 is 0 Å². The molecular weight excluding hydrogens is 497 g/mol. The molecule has 4 aromatic carbocycles. The summed E-state index contributed by atoms with van der Waals surface area (Å²) in [5.74, 6) is 3.22. The van der Waals surface area contributed by atoms with Crippen LogP contribution in [0.4, 0.5) is 0 Å². The zero-order chi connectivity index (χ0) is 25.4. The van der Waals surface area contributed by atoms with E-state index in [1.165, 1.54) is 108 Å². The average Bonchev–Trinajstić information content (AvgIpc) is 3.49. The molecule has 0 spiro atoms. The first-order chi connectivity index (χ1) is 18.6. The minimum Gasteiger partial charge on any atom is -0.134 e. The highest BCUT2D eigenvalue weighted by atomic mass is 32.1. The van der Waals surface area contributed by atoms with Crippen molar-refractivity contribution in [3.63, 3.8) is 0 Å². The van der Waals surface area contributed by atoms with Gasteiger partial charge in [0, 0.05) is 26.2 Å². The highest BCUT2D eigenvalue weighted by molar-refractivity contribution is 7.36. The van der Waals surface area contributed by atoms with Crippen LogP contribution in [0.5, 0.6) is 0 Å². The fourth-order valence-corrected chi connectivity index (χ4v) is 10.2. The lowest BCUT2D eigenvalue weighted by atomic mass is 9.79. The van der Waals surface area contributed by atoms with E-state index in [1.54, 1.807) is 5.56 Å². The molecule has 8 rings (SSSR count). The lowest BCUT2D eigenvalue weighted by Gasteiger charge is -2.26. The first kappa shape index (κ1) is 23.3. The molecular formula is C36H34S2. The van der Waals surface area contributed by atoms with Crippen molar-refractivity contribution >= 4 is 73.8 Å². The van der Waals surface area contributed by atoms with Crippen molar-refractivity contribution in [2.45, 2.75) is 77.0 Å². The molecule has 38 heavy (non-hydrogen) atoms. The Kier molecular flexibility index (Phi) is 5.50. The first-order valence-corrected chi connectivity index (χ1v) is 16.3. The Balaban J connectivity index is 1.25. The number of hydrogen-bond donors (Lipinski definition) is 0. The minimum absolute atomic E-state index is 0.708. The van der Waals surface area contributed by atoms with Gasteiger partial charge in [-0.3, -0.25) is 0 Å². The summed E-state index contributed by atoms with van der Waals surface area (Å²) in [6.45, 7) is 4.82. The normalized spacial score (nSPS) is 24.6. The Morgan fingerprint density at radius 1 is 0.605 bits per heavy atom. The van der Waals surface area contributed by atoms with Gasteiger partial charge in [0.15, 0.2) is 0 Å². The van der Waals surface area contributed by atoms with Crippen LogP contribution in [-0.4, -0.2) is 0 Å². The third-order valence-corrected chi connectivity index (χ3v) is 12.3. The van der Waals surface area contributed by atoms with E-state index in [0.717, 1.165) is 17.8 Å². The standard InChI is InChI=1S/C36H34S2/c1-21-3-7-23(8-4-21)25-11-15-29-27(19-25)13-17-31-33(29)35-36(37-31)34-30-16-12-26(24-9-5-22(2)6-10-24)20-28(30)14-18-32(34)38-35/h11-13,15-17,19-24H,3-10H2,1-2H3. The molecule has 2 aliphatic rings. The van der Waals surface area contributed by atoms with Crippen molar-refractivity contribution < 1.29 is 0 Å². The van der Waals surface area contributed by atoms with Crippen LogP contribution in [0, 0.1) is 24.0 Å². The van der Waals surface area contributed by atoms with Crippen molar-refractivity contribution in [1.29, 1.82) is 0 Å². The quantitative estimate of drug-likeness (QED) is 0.209. The Morgan fingerprint density at radius 3 is 1.95 bits per heavy atom. The topological polar surface area (TPSA) is 0 Å². The van der Waals surface area contributed by atoms with E-state index in [2.05, 4.69) is 74.5 Å². The Morgan fingerprint density at radius 2 is 1.24 bits per heavy atom. The lowest BCUT2D eigenvalue weighted by molar-refractivity contribution is 0.348. The van der Waals surface area contributed by atoms with Gasteiger partial charge in [-0.1, -0.05) is 82.0 Å². The lowest BCUT2D eigenvalue weighted by Crippen LogP contribution is -2.10. The Labute approximate surface area is 233 Å². The number of fused-ring (bicyclic) bond motifs is 9. The molecule has 0 unspecified atom stereocenters. The maximum absolute atomic E-state index is 3.58. The van der Waals surface area contributed by atoms with E-state index in [9.17, 15) is 0 Å². The Bertz CT molecular complexity index is 1680. The molecule has 0 atom stereocenters. The molecule has 2 aromatic heterocycles. The second kappa shape index (κ2) is 8.97. The summed E-state index contributed by atoms with van der Waals surface area (Å²) in [7, 11) is 0. The summed E-state index contributed by atoms with van der Waals surface area (Å²) in [4.78, 5) is 0. The van der Waals surface area contributed by atoms with Crippen LogP contribution in [0.2, 0.25) is 0 Å². The average molecular weight is 531 g/mol. The largest absolute Gasteiger partial charge is 0.134 e. The van der Waals surface area contributed by atoms with Crippen LogP contribution in [0.25, 0.3) is 51.1 Å². The molecule has 2 heteroatoms. The van der Waals surface area contributed by atoms with Crippen molar-refractivity contribution in [2.24, 2.45) is 11.8 Å². The third-order valence-electron chi connectivity index (χ3n) is 9.91. The smallest absolute Gasteiger partial charge is 0.0872 e. The van der Waals surface area contributed by atoms with Gasteiger partial charge in [-0.15, -0.1) is 22.7 Å². The van der Waals surface area contributed by atoms with Crippen molar-refractivity contribution in [3.8, 4) is 0 Å². The van der Waals surface area contributed by atoms with Gasteiger partial charge in [-0.25, -0.2) is 0 Å². The second-order valence-electron chi connectivity index (χ2n) is 12.5. The van der Waals surface area contributed by atoms with Crippen LogP contribution < -0.4 is 0 Å². The second-order valence-corrected chi connectivity index (χ2v) is 14.5. The predicted octanol–water partition coefficient (Wildman–Crippen LogP) is 11.8. The summed E-state index contributed by atoms with van der Waals surface area (Å²) in [6, 6.07) is 26.4. The molecule has 2 heterocycles. The van der Waals surface area contributed by atoms with E-state index in [1.807, 2.05) is 22.7 Å². The first-order valence-electron chi connectivity index (χ1n) is 14.7. The Hall–Kier alpha value is -2.60. The zero-order valence-corrected chi connectivity index (χ0v) is 24.0. The molecule has 0 nitrogen and oxygen atoms in total. The van der Waals surface area contributed by atoms with Crippen molar-refractivity contribution in [3.05, 3.63) is 71.8 Å². The minimum atomic E-state index is 0.708. The van der Waals surface area contributed by atoms with Crippen LogP contribution in [0.1, 0.15) is 88.2 Å². The van der Waals surface area contributed by atoms with Crippen LogP contribution in [-0.2, 0) is 0 Å². The molecule has 2 aliphatic carbocycles. The van der Waals surface area contributed by atoms with Gasteiger partial charge in [0.2, 0.25) is 0 Å². The highest BCUT2D eigenvalue weighted by Crippen LogP contribution is 2.48. The number of hydrogen-bond acceptors (Lipinski definition) is 2. The van der Waals surface area contributed by atoms with Gasteiger partial charge in [-0.2, -0.15) is 0 Å². The molecule has 0 radical (unpaired) electrons. The molecule has 2 saturated carbocycles. The van der Waals surface area contributed by atoms with Crippen molar-refractivity contribution in [2.75, 3.05) is 0 Å². The van der Waals surface area contributed by atoms with E-state index >= 15 is 0 Å². The molecule has 0 bridgehead atoms. The monoisotopic (exact) mass is 530 g/mol. The highest BCUT2D eigenvalue weighted by Gasteiger charge is 2.22. The zero-order valence-electron chi connectivity index (χ0n) is 22.4. The predicted molar refractivity (Wildman–Crippen MR) is 168 cm³/mol. The number of rotatable bonds is 2. The van der Waals surface area contributed by atoms with E-state index in [4.69, 9.17) is 0 Å². The van der Waals surface area contributed by atoms with Crippen LogP contribution >= 0.6 is 22.7 Å². The van der Waals surface area contributed by atoms with Crippen LogP contribution in [0.3, 0.4) is 0 Å². The molecule has 0 N–H and O–H groups in total. The molecule has 0 saturated heterocycles. The number of benzene rings is 3. The SMILES string of the molecule is CC1CCC(c2ccc3c(c#cc4sc5c(sc6ccc7cc(C8CCC(C)CC8)ccc7c65)c43)c2)CC1. The summed E-state index contributed by atoms with van der Waals surface area (Å²) < 4.78 is 5.54. The molecule has 0 amide bonds. The maximum Gasteiger partial charge on any atom is 0.0872 e. The van der Waals surface area contributed by atoms with Gasteiger partial charge in [0.25, 0.3) is 0 Å². The van der Waals surface area contributed by atoms with Gasteiger partial charge in [-0.05, 0) is 89.5 Å². The van der Waals surface area contributed by atoms with Gasteiger partial charge in [0.05, 0.1) is 14.1 Å².